The molecule has 0 amide bonds. The van der Waals surface area contributed by atoms with Crippen LogP contribution in [0.4, 0.5) is 5.69 Å². The topological polar surface area (TPSA) is 65.1 Å². The van der Waals surface area contributed by atoms with Gasteiger partial charge in [-0.2, -0.15) is 5.26 Å². The van der Waals surface area contributed by atoms with Gasteiger partial charge in [0, 0.05) is 30.2 Å². The average Bonchev–Trinajstić information content (AvgIpc) is 2.86. The summed E-state index contributed by atoms with van der Waals surface area (Å²) in [7, 11) is 0. The maximum atomic E-state index is 9.29. The van der Waals surface area contributed by atoms with Gasteiger partial charge in [-0.05, 0) is 49.1 Å². The van der Waals surface area contributed by atoms with Crippen molar-refractivity contribution in [3.63, 3.8) is 0 Å². The van der Waals surface area contributed by atoms with Gasteiger partial charge >= 0.3 is 0 Å². The van der Waals surface area contributed by atoms with E-state index in [1.165, 1.54) is 22.4 Å². The Morgan fingerprint density at radius 3 is 2.62 bits per heavy atom. The molecule has 4 nitrogen and oxygen atoms in total. The Labute approximate surface area is 124 Å². The number of fused-ring (bicyclic) bond motifs is 1. The van der Waals surface area contributed by atoms with Crippen LogP contribution in [0.1, 0.15) is 16.7 Å². The number of nitriles is 1. The van der Waals surface area contributed by atoms with Crippen molar-refractivity contribution >= 4 is 5.69 Å². The molecular formula is C17H18N4. The fraction of sp³-hybridized carbons (Fsp3) is 0.235. The van der Waals surface area contributed by atoms with Crippen molar-refractivity contribution in [2.24, 2.45) is 5.73 Å². The van der Waals surface area contributed by atoms with Crippen LogP contribution in [0, 0.1) is 32.1 Å². The Bertz CT molecular complexity index is 760. The molecule has 3 N–H and O–H groups in total. The predicted molar refractivity (Wildman–Crippen MR) is 84.1 cm³/mol. The van der Waals surface area contributed by atoms with Gasteiger partial charge in [0.25, 0.3) is 0 Å². The smallest absolute Gasteiger partial charge is 0.119 e. The third-order valence-electron chi connectivity index (χ3n) is 4.15. The molecule has 0 aromatic heterocycles. The minimum atomic E-state index is 0.422. The zero-order chi connectivity index (χ0) is 15.1. The summed E-state index contributed by atoms with van der Waals surface area (Å²) >= 11 is 0. The van der Waals surface area contributed by atoms with Crippen LogP contribution >= 0.6 is 0 Å². The van der Waals surface area contributed by atoms with Crippen LogP contribution in [0.3, 0.4) is 0 Å². The van der Waals surface area contributed by atoms with Crippen LogP contribution in [0.5, 0.6) is 0 Å². The van der Waals surface area contributed by atoms with Crippen molar-refractivity contribution < 1.29 is 0 Å². The van der Waals surface area contributed by atoms with Gasteiger partial charge in [0.2, 0.25) is 0 Å². The minimum absolute atomic E-state index is 0.422. The number of anilines is 1. The zero-order valence-corrected chi connectivity index (χ0v) is 12.5. The van der Waals surface area contributed by atoms with Crippen LogP contribution in [-0.2, 0) is 0 Å². The van der Waals surface area contributed by atoms with Crippen LogP contribution in [-0.4, -0.2) is 6.54 Å². The molecule has 0 spiro atoms. The molecule has 3 rings (SSSR count). The van der Waals surface area contributed by atoms with E-state index in [2.05, 4.69) is 49.2 Å². The second kappa shape index (κ2) is 4.71. The summed E-state index contributed by atoms with van der Waals surface area (Å²) in [6, 6.07) is 6.59. The van der Waals surface area contributed by atoms with Gasteiger partial charge in [0.15, 0.2) is 0 Å². The molecule has 4 heteroatoms. The van der Waals surface area contributed by atoms with Crippen molar-refractivity contribution in [2.75, 3.05) is 11.4 Å². The van der Waals surface area contributed by atoms with Crippen molar-refractivity contribution in [1.29, 1.82) is 5.26 Å². The van der Waals surface area contributed by atoms with E-state index in [4.69, 9.17) is 5.73 Å². The van der Waals surface area contributed by atoms with E-state index in [-0.39, 0.29) is 0 Å². The van der Waals surface area contributed by atoms with Gasteiger partial charge < -0.3 is 16.0 Å². The molecule has 0 atom stereocenters. The number of dihydropyridines is 1. The number of aryl methyl sites for hydroxylation is 3. The van der Waals surface area contributed by atoms with Gasteiger partial charge in [0.05, 0.1) is 0 Å². The number of nitrogens with zero attached hydrogens (tertiary/aromatic N) is 2. The summed E-state index contributed by atoms with van der Waals surface area (Å²) in [6.45, 7) is 7.11. The fourth-order valence-electron chi connectivity index (χ4n) is 2.81. The SMILES string of the molecule is Cc1cc(C)c(N2C=C3C(=CNC(N)=C3C#N)C2)cc1C. The summed E-state index contributed by atoms with van der Waals surface area (Å²) in [6.07, 6.45) is 3.91. The first kappa shape index (κ1) is 13.3. The highest BCUT2D eigenvalue weighted by molar-refractivity contribution is 5.69. The standard InChI is InChI=1S/C17H18N4/c1-10-4-12(3)16(5-11(10)2)21-8-13-7-20-17(19)14(6-18)15(13)9-21/h4-5,7,9,20H,8,19H2,1-3H3. The number of hydrogen-bond donors (Lipinski definition) is 2. The van der Waals surface area contributed by atoms with E-state index < -0.39 is 0 Å². The number of nitrogens with one attached hydrogen (secondary N) is 1. The molecular weight excluding hydrogens is 260 g/mol. The van der Waals surface area contributed by atoms with Crippen molar-refractivity contribution in [1.82, 2.24) is 5.32 Å². The van der Waals surface area contributed by atoms with Crippen molar-refractivity contribution in [2.45, 2.75) is 20.8 Å². The molecule has 2 aliphatic rings. The molecule has 1 aromatic rings. The van der Waals surface area contributed by atoms with Gasteiger partial charge in [-0.1, -0.05) is 6.07 Å². The number of benzene rings is 1. The molecule has 2 heterocycles. The number of rotatable bonds is 1. The Hall–Kier alpha value is -2.67. The molecule has 2 aliphatic heterocycles. The van der Waals surface area contributed by atoms with E-state index in [9.17, 15) is 5.26 Å². The molecule has 21 heavy (non-hydrogen) atoms. The highest BCUT2D eigenvalue weighted by Gasteiger charge is 2.27. The van der Waals surface area contributed by atoms with Gasteiger partial charge in [-0.25, -0.2) is 0 Å². The maximum absolute atomic E-state index is 9.29. The zero-order valence-electron chi connectivity index (χ0n) is 12.5. The second-order valence-corrected chi connectivity index (χ2v) is 5.61. The Kier molecular flexibility index (Phi) is 2.99. The van der Waals surface area contributed by atoms with E-state index in [1.54, 1.807) is 0 Å². The lowest BCUT2D eigenvalue weighted by atomic mass is 10.0. The maximum Gasteiger partial charge on any atom is 0.119 e. The van der Waals surface area contributed by atoms with Gasteiger partial charge in [-0.15, -0.1) is 0 Å². The van der Waals surface area contributed by atoms with E-state index in [1.807, 2.05) is 12.4 Å². The van der Waals surface area contributed by atoms with Crippen LogP contribution < -0.4 is 16.0 Å². The molecule has 0 fully saturated rings. The van der Waals surface area contributed by atoms with Crippen LogP contribution in [0.2, 0.25) is 0 Å². The molecule has 0 saturated carbocycles. The molecule has 0 radical (unpaired) electrons. The van der Waals surface area contributed by atoms with Gasteiger partial charge in [-0.3, -0.25) is 0 Å². The summed E-state index contributed by atoms with van der Waals surface area (Å²) in [5.41, 5.74) is 13.4. The third kappa shape index (κ3) is 2.07. The Morgan fingerprint density at radius 2 is 1.90 bits per heavy atom. The molecule has 1 aromatic carbocycles. The van der Waals surface area contributed by atoms with Crippen molar-refractivity contribution in [3.05, 3.63) is 63.8 Å². The molecule has 106 valence electrons. The molecule has 0 aliphatic carbocycles. The summed E-state index contributed by atoms with van der Waals surface area (Å²) < 4.78 is 0. The third-order valence-corrected chi connectivity index (χ3v) is 4.15. The molecule has 0 saturated heterocycles. The van der Waals surface area contributed by atoms with Crippen molar-refractivity contribution in [3.8, 4) is 6.07 Å². The summed E-state index contributed by atoms with van der Waals surface area (Å²) in [5.74, 6) is 0.422. The van der Waals surface area contributed by atoms with E-state index in [0.29, 0.717) is 11.4 Å². The molecule has 0 bridgehead atoms. The lowest BCUT2D eigenvalue weighted by Crippen LogP contribution is -2.23. The highest BCUT2D eigenvalue weighted by Crippen LogP contribution is 2.35. The predicted octanol–water partition coefficient (Wildman–Crippen LogP) is 2.50. The monoisotopic (exact) mass is 278 g/mol. The van der Waals surface area contributed by atoms with E-state index >= 15 is 0 Å². The number of allylic oxidation sites excluding steroid dienone is 1. The normalized spacial score (nSPS) is 17.0. The number of hydrogen-bond acceptors (Lipinski definition) is 4. The minimum Gasteiger partial charge on any atom is -0.384 e. The first-order chi connectivity index (χ1) is 10.0. The summed E-state index contributed by atoms with van der Waals surface area (Å²) in [4.78, 5) is 2.18. The largest absolute Gasteiger partial charge is 0.384 e. The summed E-state index contributed by atoms with van der Waals surface area (Å²) in [5, 5.41) is 12.3. The Morgan fingerprint density at radius 1 is 1.19 bits per heavy atom. The molecule has 0 unspecified atom stereocenters. The van der Waals surface area contributed by atoms with E-state index in [0.717, 1.165) is 17.7 Å². The van der Waals surface area contributed by atoms with Crippen LogP contribution in [0.25, 0.3) is 0 Å². The number of nitrogens with two attached hydrogens (primary N) is 1. The Balaban J connectivity index is 2.05. The second-order valence-electron chi connectivity index (χ2n) is 5.61. The average molecular weight is 278 g/mol. The van der Waals surface area contributed by atoms with Crippen LogP contribution in [0.15, 0.2) is 47.1 Å². The van der Waals surface area contributed by atoms with Gasteiger partial charge in [0.1, 0.15) is 17.5 Å². The lowest BCUT2D eigenvalue weighted by molar-refractivity contribution is 0.961. The highest BCUT2D eigenvalue weighted by atomic mass is 15.1. The first-order valence-corrected chi connectivity index (χ1v) is 6.93. The lowest BCUT2D eigenvalue weighted by Gasteiger charge is -2.20. The quantitative estimate of drug-likeness (QED) is 0.828. The first-order valence-electron chi connectivity index (χ1n) is 6.93. The fourth-order valence-corrected chi connectivity index (χ4v) is 2.81.